The van der Waals surface area contributed by atoms with E-state index in [0.29, 0.717) is 17.8 Å². The fourth-order valence-electron chi connectivity index (χ4n) is 2.87. The molecule has 0 aliphatic carbocycles. The number of hydrogen-bond acceptors (Lipinski definition) is 3. The third-order valence-electron chi connectivity index (χ3n) is 3.75. The highest BCUT2D eigenvalue weighted by molar-refractivity contribution is 6.04. The fraction of sp³-hybridized carbons (Fsp3) is 0.312. The number of carboxylic acid groups (broad SMARTS) is 2. The topological polar surface area (TPSA) is 87.0 Å². The average Bonchev–Trinajstić information content (AvgIpc) is 2.38. The molecule has 0 spiro atoms. The van der Waals surface area contributed by atoms with Gasteiger partial charge >= 0.3 is 11.9 Å². The van der Waals surface area contributed by atoms with E-state index in [4.69, 9.17) is 0 Å². The molecule has 0 fully saturated rings. The van der Waals surface area contributed by atoms with Gasteiger partial charge in [-0.2, -0.15) is 0 Å². The molecule has 1 aromatic rings. The second-order valence-electron chi connectivity index (χ2n) is 5.17. The number of aliphatic carboxylic acids is 2. The van der Waals surface area contributed by atoms with Crippen LogP contribution >= 0.6 is 0 Å². The maximum absolute atomic E-state index is 11.5. The van der Waals surface area contributed by atoms with Crippen molar-refractivity contribution in [2.45, 2.75) is 20.3 Å². The first-order chi connectivity index (χ1) is 9.91. The number of allylic oxidation sites excluding steroid dienone is 1. The van der Waals surface area contributed by atoms with Gasteiger partial charge in [0.2, 0.25) is 0 Å². The van der Waals surface area contributed by atoms with Gasteiger partial charge in [-0.1, -0.05) is 30.3 Å². The van der Waals surface area contributed by atoms with E-state index in [1.54, 1.807) is 13.8 Å². The lowest BCUT2D eigenvalue weighted by Gasteiger charge is -2.29. The Bertz CT molecular complexity index is 631. The van der Waals surface area contributed by atoms with Gasteiger partial charge in [-0.3, -0.25) is 9.79 Å². The van der Waals surface area contributed by atoms with Crippen LogP contribution in [0.3, 0.4) is 0 Å². The van der Waals surface area contributed by atoms with Crippen LogP contribution in [0.1, 0.15) is 19.4 Å². The summed E-state index contributed by atoms with van der Waals surface area (Å²) in [6.45, 7) is 3.25. The molecule has 0 saturated heterocycles. The summed E-state index contributed by atoms with van der Waals surface area (Å²) in [5.74, 6) is -3.65. The first-order valence-corrected chi connectivity index (χ1v) is 6.67. The van der Waals surface area contributed by atoms with E-state index in [0.717, 1.165) is 5.56 Å². The van der Waals surface area contributed by atoms with Crippen LogP contribution in [0.5, 0.6) is 0 Å². The van der Waals surface area contributed by atoms with E-state index in [1.165, 1.54) is 0 Å². The standard InChI is InChI=1S/C16H17NO4/c1-9-13(15(18)19)12(8-11-6-4-3-5-7-11)14(16(20)21)10(2)17-9/h3-7,12-13H,8H2,1-2H3,(H,18,19)(H,20,21). The zero-order valence-corrected chi connectivity index (χ0v) is 11.9. The lowest BCUT2D eigenvalue weighted by atomic mass is 9.76. The highest BCUT2D eigenvalue weighted by Crippen LogP contribution is 2.33. The van der Waals surface area contributed by atoms with Crippen molar-refractivity contribution in [3.05, 3.63) is 47.2 Å². The van der Waals surface area contributed by atoms with Crippen molar-refractivity contribution in [2.24, 2.45) is 16.8 Å². The van der Waals surface area contributed by atoms with E-state index in [2.05, 4.69) is 4.99 Å². The van der Waals surface area contributed by atoms with Crippen molar-refractivity contribution in [1.82, 2.24) is 0 Å². The summed E-state index contributed by atoms with van der Waals surface area (Å²) in [6.07, 6.45) is 0.365. The van der Waals surface area contributed by atoms with E-state index in [-0.39, 0.29) is 5.57 Å². The van der Waals surface area contributed by atoms with Crippen LogP contribution in [0.15, 0.2) is 46.6 Å². The molecule has 2 unspecified atom stereocenters. The summed E-state index contributed by atoms with van der Waals surface area (Å²) < 4.78 is 0. The summed E-state index contributed by atoms with van der Waals surface area (Å²) >= 11 is 0. The maximum atomic E-state index is 11.5. The summed E-state index contributed by atoms with van der Waals surface area (Å²) in [6, 6.07) is 9.31. The number of carboxylic acids is 2. The lowest BCUT2D eigenvalue weighted by molar-refractivity contribution is -0.141. The van der Waals surface area contributed by atoms with Gasteiger partial charge in [-0.15, -0.1) is 0 Å². The van der Waals surface area contributed by atoms with Crippen LogP contribution in [0.25, 0.3) is 0 Å². The minimum atomic E-state index is -1.10. The predicted octanol–water partition coefficient (Wildman–Crippen LogP) is 2.38. The molecule has 0 radical (unpaired) electrons. The van der Waals surface area contributed by atoms with Crippen LogP contribution in [-0.4, -0.2) is 27.9 Å². The van der Waals surface area contributed by atoms with Gasteiger partial charge in [0.1, 0.15) is 5.92 Å². The molecule has 1 aromatic carbocycles. The largest absolute Gasteiger partial charge is 0.481 e. The van der Waals surface area contributed by atoms with Crippen LogP contribution in [-0.2, 0) is 16.0 Å². The highest BCUT2D eigenvalue weighted by atomic mass is 16.4. The zero-order chi connectivity index (χ0) is 15.6. The molecule has 0 amide bonds. The molecule has 0 bridgehead atoms. The minimum absolute atomic E-state index is 0.0943. The molecule has 2 rings (SSSR count). The summed E-state index contributed by atoms with van der Waals surface area (Å²) in [5.41, 5.74) is 1.84. The number of rotatable bonds is 4. The third kappa shape index (κ3) is 3.02. The van der Waals surface area contributed by atoms with Crippen molar-refractivity contribution in [3.8, 4) is 0 Å². The molecule has 21 heavy (non-hydrogen) atoms. The van der Waals surface area contributed by atoms with Crippen molar-refractivity contribution < 1.29 is 19.8 Å². The molecule has 110 valence electrons. The molecule has 2 atom stereocenters. The van der Waals surface area contributed by atoms with Crippen LogP contribution < -0.4 is 0 Å². The smallest absolute Gasteiger partial charge is 0.333 e. The number of carbonyl (C=O) groups is 2. The Morgan fingerprint density at radius 2 is 1.76 bits per heavy atom. The second-order valence-corrected chi connectivity index (χ2v) is 5.17. The quantitative estimate of drug-likeness (QED) is 0.890. The molecule has 5 heteroatoms. The molecule has 5 nitrogen and oxygen atoms in total. The van der Waals surface area contributed by atoms with Crippen LogP contribution in [0.4, 0.5) is 0 Å². The number of nitrogens with zero attached hydrogens (tertiary/aromatic N) is 1. The summed E-state index contributed by atoms with van der Waals surface area (Å²) in [7, 11) is 0. The highest BCUT2D eigenvalue weighted by Gasteiger charge is 2.39. The average molecular weight is 287 g/mol. The van der Waals surface area contributed by atoms with Gasteiger partial charge < -0.3 is 10.2 Å². The van der Waals surface area contributed by atoms with Crippen molar-refractivity contribution >= 4 is 17.7 Å². The van der Waals surface area contributed by atoms with Crippen LogP contribution in [0, 0.1) is 11.8 Å². The molecule has 2 N–H and O–H groups in total. The van der Waals surface area contributed by atoms with Gasteiger partial charge in [0.15, 0.2) is 0 Å². The van der Waals surface area contributed by atoms with Crippen molar-refractivity contribution in [1.29, 1.82) is 0 Å². The maximum Gasteiger partial charge on any atom is 0.333 e. The van der Waals surface area contributed by atoms with Gasteiger partial charge in [-0.05, 0) is 25.8 Å². The Morgan fingerprint density at radius 1 is 1.14 bits per heavy atom. The molecule has 0 aromatic heterocycles. The Kier molecular flexibility index (Phi) is 4.21. The van der Waals surface area contributed by atoms with E-state index in [9.17, 15) is 19.8 Å². The molecule has 1 aliphatic heterocycles. The fourth-order valence-corrected chi connectivity index (χ4v) is 2.87. The van der Waals surface area contributed by atoms with Crippen molar-refractivity contribution in [2.75, 3.05) is 0 Å². The first kappa shape index (κ1) is 15.0. The Hall–Kier alpha value is -2.43. The van der Waals surface area contributed by atoms with Crippen molar-refractivity contribution in [3.63, 3.8) is 0 Å². The number of aliphatic imine (C=N–C) groups is 1. The van der Waals surface area contributed by atoms with Gasteiger partial charge in [0.25, 0.3) is 0 Å². The van der Waals surface area contributed by atoms with Crippen LogP contribution in [0.2, 0.25) is 0 Å². The van der Waals surface area contributed by atoms with Gasteiger partial charge in [0.05, 0.1) is 5.57 Å². The second kappa shape index (κ2) is 5.91. The number of hydrogen-bond donors (Lipinski definition) is 2. The van der Waals surface area contributed by atoms with E-state index in [1.807, 2.05) is 30.3 Å². The SMILES string of the molecule is CC1=NC(C)=C(C(=O)O)C(Cc2ccccc2)C1C(=O)O. The molecular formula is C16H17NO4. The molecular weight excluding hydrogens is 270 g/mol. The van der Waals surface area contributed by atoms with Gasteiger partial charge in [0, 0.05) is 17.3 Å². The monoisotopic (exact) mass is 287 g/mol. The first-order valence-electron chi connectivity index (χ1n) is 6.67. The van der Waals surface area contributed by atoms with E-state index >= 15 is 0 Å². The number of benzene rings is 1. The molecule has 1 aliphatic rings. The normalized spacial score (nSPS) is 21.9. The van der Waals surface area contributed by atoms with Gasteiger partial charge in [-0.25, -0.2) is 4.79 Å². The minimum Gasteiger partial charge on any atom is -0.481 e. The zero-order valence-electron chi connectivity index (χ0n) is 11.9. The third-order valence-corrected chi connectivity index (χ3v) is 3.75. The summed E-state index contributed by atoms with van der Waals surface area (Å²) in [5, 5.41) is 18.9. The van der Waals surface area contributed by atoms with E-state index < -0.39 is 23.8 Å². The Morgan fingerprint density at radius 3 is 2.29 bits per heavy atom. The predicted molar refractivity (Wildman–Crippen MR) is 78.2 cm³/mol. The molecule has 0 saturated carbocycles. The summed E-state index contributed by atoms with van der Waals surface area (Å²) in [4.78, 5) is 27.2. The molecule has 1 heterocycles. The Labute approximate surface area is 122 Å². The Balaban J connectivity index is 2.47. The lowest BCUT2D eigenvalue weighted by Crippen LogP contribution is -2.37.